The molecule has 2 amide bonds. The molecule has 1 atom stereocenters. The molecule has 0 unspecified atom stereocenters. The zero-order valence-electron chi connectivity index (χ0n) is 22.0. The van der Waals surface area contributed by atoms with Crippen molar-refractivity contribution in [3.8, 4) is 17.2 Å². The van der Waals surface area contributed by atoms with Gasteiger partial charge in [0.25, 0.3) is 5.91 Å². The van der Waals surface area contributed by atoms with Gasteiger partial charge in [-0.25, -0.2) is 0 Å². The first-order valence-electron chi connectivity index (χ1n) is 12.8. The van der Waals surface area contributed by atoms with Crippen LogP contribution >= 0.6 is 0 Å². The quantitative estimate of drug-likeness (QED) is 0.538. The summed E-state index contributed by atoms with van der Waals surface area (Å²) in [5.74, 6) is 2.02. The van der Waals surface area contributed by atoms with Crippen molar-refractivity contribution in [2.75, 3.05) is 73.7 Å². The number of carbonyl (C=O) groups excluding carboxylic acids is 2. The highest BCUT2D eigenvalue weighted by Crippen LogP contribution is 2.28. The molecule has 0 saturated carbocycles. The molecule has 2 aliphatic rings. The number of ether oxygens (including phenoxy) is 4. The molecule has 0 radical (unpaired) electrons. The fraction of sp³-hybridized carbons (Fsp3) is 0.500. The number of nitrogens with zero attached hydrogens (tertiary/aromatic N) is 3. The SMILES string of the molecule is COc1ccc(CC(=O)N2CCCN(C[C@@H]3CN(C(=O)c4ccc(OC)c(OC)c4)CCO3)CC2)cc1. The van der Waals surface area contributed by atoms with Gasteiger partial charge in [0, 0.05) is 44.8 Å². The van der Waals surface area contributed by atoms with Crippen LogP contribution in [0.25, 0.3) is 0 Å². The van der Waals surface area contributed by atoms with Crippen LogP contribution < -0.4 is 14.2 Å². The molecule has 2 fully saturated rings. The fourth-order valence-electron chi connectivity index (χ4n) is 4.89. The normalized spacial score (nSPS) is 18.7. The average molecular weight is 512 g/mol. The molecule has 2 heterocycles. The number of hydrogen-bond acceptors (Lipinski definition) is 7. The van der Waals surface area contributed by atoms with Crippen molar-refractivity contribution in [2.45, 2.75) is 18.9 Å². The standard InChI is InChI=1S/C28H37N3O6/c1-34-23-8-5-21(6-9-23)17-27(32)30-12-4-11-29(13-14-30)19-24-20-31(15-16-37-24)28(33)22-7-10-25(35-2)26(18-22)36-3/h5-10,18,24H,4,11-17,19-20H2,1-3H3/t24-/m1/s1. The first-order valence-corrected chi connectivity index (χ1v) is 12.8. The minimum Gasteiger partial charge on any atom is -0.497 e. The van der Waals surface area contributed by atoms with Crippen molar-refractivity contribution >= 4 is 11.8 Å². The first-order chi connectivity index (χ1) is 18.0. The monoisotopic (exact) mass is 511 g/mol. The molecule has 37 heavy (non-hydrogen) atoms. The van der Waals surface area contributed by atoms with Crippen LogP contribution in [0, 0.1) is 0 Å². The van der Waals surface area contributed by atoms with Crippen molar-refractivity contribution in [2.24, 2.45) is 0 Å². The number of rotatable bonds is 8. The second-order valence-corrected chi connectivity index (χ2v) is 9.37. The summed E-state index contributed by atoms with van der Waals surface area (Å²) in [6, 6.07) is 12.9. The molecule has 2 saturated heterocycles. The zero-order chi connectivity index (χ0) is 26.2. The van der Waals surface area contributed by atoms with E-state index in [9.17, 15) is 9.59 Å². The van der Waals surface area contributed by atoms with E-state index in [1.807, 2.05) is 34.1 Å². The van der Waals surface area contributed by atoms with Crippen molar-refractivity contribution in [3.05, 3.63) is 53.6 Å². The molecule has 0 bridgehead atoms. The molecule has 9 nitrogen and oxygen atoms in total. The Bertz CT molecular complexity index is 1060. The molecule has 9 heteroatoms. The lowest BCUT2D eigenvalue weighted by Gasteiger charge is -2.35. The summed E-state index contributed by atoms with van der Waals surface area (Å²) in [6.45, 7) is 5.45. The van der Waals surface area contributed by atoms with Gasteiger partial charge in [0.15, 0.2) is 11.5 Å². The third-order valence-electron chi connectivity index (χ3n) is 6.97. The lowest BCUT2D eigenvalue weighted by Crippen LogP contribution is -2.50. The fourth-order valence-corrected chi connectivity index (χ4v) is 4.89. The molecule has 2 aromatic rings. The minimum atomic E-state index is -0.0700. The van der Waals surface area contributed by atoms with Gasteiger partial charge in [-0.05, 0) is 48.9 Å². The van der Waals surface area contributed by atoms with E-state index in [0.717, 1.165) is 43.9 Å². The summed E-state index contributed by atoms with van der Waals surface area (Å²) >= 11 is 0. The summed E-state index contributed by atoms with van der Waals surface area (Å²) in [4.78, 5) is 32.2. The van der Waals surface area contributed by atoms with Gasteiger partial charge in [0.1, 0.15) is 5.75 Å². The lowest BCUT2D eigenvalue weighted by atomic mass is 10.1. The number of carbonyl (C=O) groups is 2. The second kappa shape index (κ2) is 12.8. The Morgan fingerprint density at radius 2 is 1.65 bits per heavy atom. The van der Waals surface area contributed by atoms with E-state index in [0.29, 0.717) is 49.7 Å². The molecule has 4 rings (SSSR count). The van der Waals surface area contributed by atoms with Gasteiger partial charge in [-0.3, -0.25) is 14.5 Å². The maximum Gasteiger partial charge on any atom is 0.254 e. The molecule has 0 aromatic heterocycles. The Balaban J connectivity index is 1.28. The maximum atomic E-state index is 13.2. The lowest BCUT2D eigenvalue weighted by molar-refractivity contribution is -0.130. The van der Waals surface area contributed by atoms with Crippen molar-refractivity contribution < 1.29 is 28.5 Å². The molecule has 200 valence electrons. The number of methoxy groups -OCH3 is 3. The molecular weight excluding hydrogens is 474 g/mol. The van der Waals surface area contributed by atoms with Gasteiger partial charge in [-0.15, -0.1) is 0 Å². The zero-order valence-corrected chi connectivity index (χ0v) is 22.0. The van der Waals surface area contributed by atoms with Gasteiger partial charge in [0.05, 0.1) is 40.5 Å². The summed E-state index contributed by atoms with van der Waals surface area (Å²) in [7, 11) is 4.77. The van der Waals surface area contributed by atoms with Crippen molar-refractivity contribution in [1.29, 1.82) is 0 Å². The van der Waals surface area contributed by atoms with Crippen LogP contribution in [-0.2, 0) is 16.0 Å². The molecule has 0 spiro atoms. The predicted molar refractivity (Wildman–Crippen MR) is 140 cm³/mol. The Kier molecular flexibility index (Phi) is 9.24. The van der Waals surface area contributed by atoms with Crippen LogP contribution in [0.5, 0.6) is 17.2 Å². The number of hydrogen-bond donors (Lipinski definition) is 0. The van der Waals surface area contributed by atoms with E-state index >= 15 is 0 Å². The van der Waals surface area contributed by atoms with E-state index in [1.54, 1.807) is 39.5 Å². The summed E-state index contributed by atoms with van der Waals surface area (Å²) in [5, 5.41) is 0. The molecule has 0 aliphatic carbocycles. The minimum absolute atomic E-state index is 0.0413. The number of benzene rings is 2. The average Bonchev–Trinajstić information content (AvgIpc) is 3.18. The van der Waals surface area contributed by atoms with Crippen LogP contribution in [0.4, 0.5) is 0 Å². The predicted octanol–water partition coefficient (Wildman–Crippen LogP) is 2.33. The summed E-state index contributed by atoms with van der Waals surface area (Å²) in [6.07, 6.45) is 1.23. The molecule has 0 N–H and O–H groups in total. The first kappa shape index (κ1) is 26.8. The highest BCUT2D eigenvalue weighted by Gasteiger charge is 2.28. The summed E-state index contributed by atoms with van der Waals surface area (Å²) in [5.41, 5.74) is 1.56. The van der Waals surface area contributed by atoms with Gasteiger partial charge < -0.3 is 28.7 Å². The van der Waals surface area contributed by atoms with Crippen LogP contribution in [0.2, 0.25) is 0 Å². The van der Waals surface area contributed by atoms with E-state index in [-0.39, 0.29) is 17.9 Å². The van der Waals surface area contributed by atoms with Crippen LogP contribution in [0.1, 0.15) is 22.3 Å². The van der Waals surface area contributed by atoms with Gasteiger partial charge in [-0.1, -0.05) is 12.1 Å². The second-order valence-electron chi connectivity index (χ2n) is 9.37. The third kappa shape index (κ3) is 6.93. The maximum absolute atomic E-state index is 13.2. The summed E-state index contributed by atoms with van der Waals surface area (Å²) < 4.78 is 21.9. The topological polar surface area (TPSA) is 80.8 Å². The van der Waals surface area contributed by atoms with Gasteiger partial charge in [-0.2, -0.15) is 0 Å². The Hall–Kier alpha value is -3.30. The number of morpholine rings is 1. The van der Waals surface area contributed by atoms with Gasteiger partial charge >= 0.3 is 0 Å². The van der Waals surface area contributed by atoms with Crippen LogP contribution in [0.15, 0.2) is 42.5 Å². The molecule has 2 aromatic carbocycles. The largest absolute Gasteiger partial charge is 0.497 e. The van der Waals surface area contributed by atoms with Crippen molar-refractivity contribution in [3.63, 3.8) is 0 Å². The molecular formula is C28H37N3O6. The third-order valence-corrected chi connectivity index (χ3v) is 6.97. The smallest absolute Gasteiger partial charge is 0.254 e. The molecule has 2 aliphatic heterocycles. The Morgan fingerprint density at radius 3 is 2.38 bits per heavy atom. The van der Waals surface area contributed by atoms with E-state index < -0.39 is 0 Å². The number of amides is 2. The van der Waals surface area contributed by atoms with E-state index in [1.165, 1.54) is 0 Å². The highest BCUT2D eigenvalue weighted by atomic mass is 16.5. The van der Waals surface area contributed by atoms with Gasteiger partial charge in [0.2, 0.25) is 5.91 Å². The van der Waals surface area contributed by atoms with Crippen LogP contribution in [0.3, 0.4) is 0 Å². The Labute approximate surface area is 218 Å². The van der Waals surface area contributed by atoms with Crippen molar-refractivity contribution in [1.82, 2.24) is 14.7 Å². The van der Waals surface area contributed by atoms with E-state index in [2.05, 4.69) is 4.90 Å². The Morgan fingerprint density at radius 1 is 0.865 bits per heavy atom. The van der Waals surface area contributed by atoms with E-state index in [4.69, 9.17) is 18.9 Å². The van der Waals surface area contributed by atoms with Crippen LogP contribution in [-0.4, -0.2) is 106 Å². The highest BCUT2D eigenvalue weighted by molar-refractivity contribution is 5.95.